The maximum absolute atomic E-state index is 12.2. The minimum absolute atomic E-state index is 0.0739. The summed E-state index contributed by atoms with van der Waals surface area (Å²) in [5.41, 5.74) is -1.87. The SMILES string of the molecule is Cc1nc(Cl)sc1S(=O)(=O)NC(C)(C)C(C)(C)O. The van der Waals surface area contributed by atoms with Gasteiger partial charge in [0.2, 0.25) is 0 Å². The zero-order valence-electron chi connectivity index (χ0n) is 10.9. The van der Waals surface area contributed by atoms with E-state index in [4.69, 9.17) is 11.6 Å². The number of nitrogens with zero attached hydrogens (tertiary/aromatic N) is 1. The molecule has 0 radical (unpaired) electrons. The highest BCUT2D eigenvalue weighted by atomic mass is 35.5. The second kappa shape index (κ2) is 4.72. The van der Waals surface area contributed by atoms with E-state index in [9.17, 15) is 13.5 Å². The number of aryl methyl sites for hydroxylation is 1. The Labute approximate surface area is 116 Å². The topological polar surface area (TPSA) is 79.3 Å². The van der Waals surface area contributed by atoms with Gasteiger partial charge in [-0.05, 0) is 34.6 Å². The largest absolute Gasteiger partial charge is 0.389 e. The fourth-order valence-corrected chi connectivity index (χ4v) is 4.38. The molecule has 0 aliphatic rings. The average molecular weight is 313 g/mol. The summed E-state index contributed by atoms with van der Waals surface area (Å²) >= 11 is 6.59. The highest BCUT2D eigenvalue weighted by molar-refractivity contribution is 7.91. The lowest BCUT2D eigenvalue weighted by atomic mass is 9.87. The van der Waals surface area contributed by atoms with Crippen molar-refractivity contribution in [3.8, 4) is 0 Å². The maximum atomic E-state index is 12.2. The van der Waals surface area contributed by atoms with E-state index in [1.807, 2.05) is 0 Å². The monoisotopic (exact) mass is 312 g/mol. The van der Waals surface area contributed by atoms with E-state index < -0.39 is 21.2 Å². The molecule has 0 aliphatic heterocycles. The minimum atomic E-state index is -3.75. The van der Waals surface area contributed by atoms with E-state index in [1.54, 1.807) is 34.6 Å². The van der Waals surface area contributed by atoms with Gasteiger partial charge in [0.25, 0.3) is 10.0 Å². The summed E-state index contributed by atoms with van der Waals surface area (Å²) in [5, 5.41) is 9.96. The number of hydrogen-bond acceptors (Lipinski definition) is 5. The number of hydrogen-bond donors (Lipinski definition) is 2. The normalized spacial score (nSPS) is 13.9. The third-order valence-electron chi connectivity index (χ3n) is 2.89. The zero-order valence-corrected chi connectivity index (χ0v) is 13.3. The first-order chi connectivity index (χ1) is 7.87. The molecule has 0 saturated heterocycles. The molecule has 0 fully saturated rings. The van der Waals surface area contributed by atoms with E-state index in [1.165, 1.54) is 0 Å². The molecule has 1 aromatic rings. The molecule has 0 spiro atoms. The number of nitrogens with one attached hydrogen (secondary N) is 1. The van der Waals surface area contributed by atoms with E-state index in [-0.39, 0.29) is 8.68 Å². The van der Waals surface area contributed by atoms with Gasteiger partial charge >= 0.3 is 0 Å². The Kier molecular flexibility index (Phi) is 4.15. The predicted molar refractivity (Wildman–Crippen MR) is 72.6 cm³/mol. The van der Waals surface area contributed by atoms with E-state index in [2.05, 4.69) is 9.71 Å². The molecule has 1 rings (SSSR count). The number of aromatic nitrogens is 1. The molecule has 0 amide bonds. The van der Waals surface area contributed by atoms with Crippen LogP contribution in [0.25, 0.3) is 0 Å². The lowest BCUT2D eigenvalue weighted by Gasteiger charge is -2.37. The Morgan fingerprint density at radius 1 is 1.33 bits per heavy atom. The molecule has 5 nitrogen and oxygen atoms in total. The van der Waals surface area contributed by atoms with Crippen LogP contribution < -0.4 is 4.72 Å². The van der Waals surface area contributed by atoms with Crippen LogP contribution in [0.4, 0.5) is 0 Å². The first-order valence-corrected chi connectivity index (χ1v) is 7.94. The first-order valence-electron chi connectivity index (χ1n) is 5.26. The van der Waals surface area contributed by atoms with Gasteiger partial charge in [0.05, 0.1) is 16.8 Å². The molecule has 18 heavy (non-hydrogen) atoms. The number of halogens is 1. The number of rotatable bonds is 4. The van der Waals surface area contributed by atoms with Gasteiger partial charge in [-0.1, -0.05) is 22.9 Å². The molecule has 0 aliphatic carbocycles. The Hall–Kier alpha value is -0.210. The summed E-state index contributed by atoms with van der Waals surface area (Å²) in [7, 11) is -3.75. The quantitative estimate of drug-likeness (QED) is 0.890. The Morgan fingerprint density at radius 2 is 1.83 bits per heavy atom. The number of thiazole rings is 1. The fraction of sp³-hybridized carbons (Fsp3) is 0.700. The minimum Gasteiger partial charge on any atom is -0.389 e. The van der Waals surface area contributed by atoms with E-state index in [0.717, 1.165) is 11.3 Å². The Morgan fingerprint density at radius 3 is 2.17 bits per heavy atom. The van der Waals surface area contributed by atoms with Crippen LogP contribution in [0.5, 0.6) is 0 Å². The lowest BCUT2D eigenvalue weighted by molar-refractivity contribution is 0.00640. The summed E-state index contributed by atoms with van der Waals surface area (Å²) in [6, 6.07) is 0. The third-order valence-corrected chi connectivity index (χ3v) is 6.42. The molecular weight excluding hydrogens is 296 g/mol. The lowest BCUT2D eigenvalue weighted by Crippen LogP contribution is -2.57. The van der Waals surface area contributed by atoms with Crippen LogP contribution in [0.3, 0.4) is 0 Å². The summed E-state index contributed by atoms with van der Waals surface area (Å²) in [4.78, 5) is 3.87. The highest BCUT2D eigenvalue weighted by Gasteiger charge is 2.39. The first kappa shape index (κ1) is 15.8. The average Bonchev–Trinajstić information content (AvgIpc) is 2.41. The fourth-order valence-electron chi connectivity index (χ4n) is 1.11. The highest BCUT2D eigenvalue weighted by Crippen LogP contribution is 2.29. The molecule has 2 N–H and O–H groups in total. The molecule has 1 heterocycles. The molecule has 0 bridgehead atoms. The van der Waals surface area contributed by atoms with Crippen LogP contribution in [0, 0.1) is 6.92 Å². The summed E-state index contributed by atoms with van der Waals surface area (Å²) in [5.74, 6) is 0. The zero-order chi connectivity index (χ0) is 14.4. The van der Waals surface area contributed by atoms with Gasteiger partial charge < -0.3 is 5.11 Å². The Balaban J connectivity index is 3.15. The van der Waals surface area contributed by atoms with Crippen molar-refractivity contribution in [1.29, 1.82) is 0 Å². The molecule has 104 valence electrons. The number of sulfonamides is 1. The van der Waals surface area contributed by atoms with Crippen LogP contribution in [0.15, 0.2) is 4.21 Å². The molecule has 0 atom stereocenters. The van der Waals surface area contributed by atoms with Crippen molar-refractivity contribution < 1.29 is 13.5 Å². The van der Waals surface area contributed by atoms with Crippen molar-refractivity contribution >= 4 is 33.0 Å². The third kappa shape index (κ3) is 3.21. The van der Waals surface area contributed by atoms with Crippen LogP contribution in [0.1, 0.15) is 33.4 Å². The number of aliphatic hydroxyl groups is 1. The van der Waals surface area contributed by atoms with Crippen LogP contribution >= 0.6 is 22.9 Å². The van der Waals surface area contributed by atoms with Gasteiger partial charge in [0.1, 0.15) is 0 Å². The van der Waals surface area contributed by atoms with Crippen molar-refractivity contribution in [3.05, 3.63) is 10.2 Å². The van der Waals surface area contributed by atoms with E-state index >= 15 is 0 Å². The van der Waals surface area contributed by atoms with Gasteiger partial charge in [-0.25, -0.2) is 18.1 Å². The smallest absolute Gasteiger partial charge is 0.252 e. The second-order valence-electron chi connectivity index (χ2n) is 5.13. The van der Waals surface area contributed by atoms with Crippen molar-refractivity contribution in [2.24, 2.45) is 0 Å². The van der Waals surface area contributed by atoms with Crippen molar-refractivity contribution in [2.45, 2.75) is 50.0 Å². The van der Waals surface area contributed by atoms with Crippen LogP contribution in [-0.4, -0.2) is 29.6 Å². The van der Waals surface area contributed by atoms with Crippen molar-refractivity contribution in [3.63, 3.8) is 0 Å². The van der Waals surface area contributed by atoms with Crippen LogP contribution in [0.2, 0.25) is 4.47 Å². The van der Waals surface area contributed by atoms with Gasteiger partial charge in [-0.3, -0.25) is 0 Å². The van der Waals surface area contributed by atoms with Gasteiger partial charge in [-0.2, -0.15) is 0 Å². The second-order valence-corrected chi connectivity index (χ2v) is 8.59. The summed E-state index contributed by atoms with van der Waals surface area (Å²) in [6.07, 6.45) is 0. The molecule has 8 heteroatoms. The molecule has 0 saturated carbocycles. The van der Waals surface area contributed by atoms with Crippen molar-refractivity contribution in [2.75, 3.05) is 0 Å². The summed E-state index contributed by atoms with van der Waals surface area (Å²) in [6.45, 7) is 7.89. The molecular formula is C10H17ClN2O3S2. The van der Waals surface area contributed by atoms with Gasteiger partial charge in [0, 0.05) is 0 Å². The van der Waals surface area contributed by atoms with Crippen molar-refractivity contribution in [1.82, 2.24) is 9.71 Å². The van der Waals surface area contributed by atoms with E-state index in [0.29, 0.717) is 5.69 Å². The maximum Gasteiger partial charge on any atom is 0.252 e. The predicted octanol–water partition coefficient (Wildman–Crippen LogP) is 1.93. The molecule has 0 aromatic carbocycles. The van der Waals surface area contributed by atoms with Gasteiger partial charge in [0.15, 0.2) is 8.68 Å². The molecule has 0 unspecified atom stereocenters. The van der Waals surface area contributed by atoms with Crippen LogP contribution in [-0.2, 0) is 10.0 Å². The van der Waals surface area contributed by atoms with Gasteiger partial charge in [-0.15, -0.1) is 0 Å². The Bertz CT molecular complexity index is 544. The standard InChI is InChI=1S/C10H17ClN2O3S2/c1-6-7(17-8(11)12-6)18(15,16)13-9(2,3)10(4,5)14/h13-14H,1-5H3. The molecule has 1 aromatic heterocycles. The summed E-state index contributed by atoms with van der Waals surface area (Å²) < 4.78 is 27.2.